The molecule has 0 unspecified atom stereocenters. The van der Waals surface area contributed by atoms with Gasteiger partial charge in [0.15, 0.2) is 5.75 Å². The summed E-state index contributed by atoms with van der Waals surface area (Å²) >= 11 is 9.05. The monoisotopic (exact) mass is 337 g/mol. The van der Waals surface area contributed by atoms with Crippen LogP contribution in [0.3, 0.4) is 0 Å². The standard InChI is InChI=1S/C15H12ClNO2S2/c1-8-9(2)21-13-4-14(20-7-12(8)13)15(18)19-11-3-10(16)5-17-6-11/h3-6H,7H2,1-2H3. The third-order valence-corrected chi connectivity index (χ3v) is 5.70. The summed E-state index contributed by atoms with van der Waals surface area (Å²) in [5.74, 6) is 0.803. The van der Waals surface area contributed by atoms with Crippen LogP contribution in [-0.4, -0.2) is 11.0 Å². The number of carbonyl (C=O) groups is 1. The van der Waals surface area contributed by atoms with Crippen molar-refractivity contribution in [2.45, 2.75) is 19.6 Å². The van der Waals surface area contributed by atoms with Crippen LogP contribution in [0.1, 0.15) is 20.9 Å². The minimum atomic E-state index is -0.363. The molecule has 2 aromatic heterocycles. The third kappa shape index (κ3) is 3.00. The summed E-state index contributed by atoms with van der Waals surface area (Å²) < 4.78 is 5.32. The van der Waals surface area contributed by atoms with E-state index in [0.29, 0.717) is 15.7 Å². The molecule has 0 aromatic carbocycles. The number of aromatic nitrogens is 1. The maximum atomic E-state index is 12.2. The van der Waals surface area contributed by atoms with E-state index in [1.165, 1.54) is 40.2 Å². The van der Waals surface area contributed by atoms with Gasteiger partial charge in [-0.25, -0.2) is 4.79 Å². The van der Waals surface area contributed by atoms with Crippen molar-refractivity contribution in [1.82, 2.24) is 4.98 Å². The Labute approximate surface area is 136 Å². The van der Waals surface area contributed by atoms with Gasteiger partial charge in [-0.3, -0.25) is 4.98 Å². The van der Waals surface area contributed by atoms with Crippen LogP contribution < -0.4 is 4.74 Å². The summed E-state index contributed by atoms with van der Waals surface area (Å²) in [6.07, 6.45) is 4.88. The summed E-state index contributed by atoms with van der Waals surface area (Å²) in [7, 11) is 0. The molecule has 0 N–H and O–H groups in total. The number of carbonyl (C=O) groups excluding carboxylic acids is 1. The summed E-state index contributed by atoms with van der Waals surface area (Å²) in [6.45, 7) is 4.23. The molecule has 0 amide bonds. The lowest BCUT2D eigenvalue weighted by Crippen LogP contribution is -2.11. The van der Waals surface area contributed by atoms with E-state index in [2.05, 4.69) is 18.8 Å². The number of halogens is 1. The third-order valence-electron chi connectivity index (χ3n) is 3.27. The summed E-state index contributed by atoms with van der Waals surface area (Å²) in [4.78, 5) is 19.2. The molecule has 1 aliphatic rings. The molecule has 0 radical (unpaired) electrons. The fraction of sp³-hybridized carbons (Fsp3) is 0.200. The number of thioether (sulfide) groups is 1. The quantitative estimate of drug-likeness (QED) is 0.750. The van der Waals surface area contributed by atoms with Crippen LogP contribution in [0.4, 0.5) is 0 Å². The Bertz CT molecular complexity index is 752. The van der Waals surface area contributed by atoms with Crippen LogP contribution in [0, 0.1) is 13.8 Å². The molecule has 0 saturated carbocycles. The smallest absolute Gasteiger partial charge is 0.350 e. The molecule has 0 atom stereocenters. The second-order valence-corrected chi connectivity index (χ2v) is 7.36. The van der Waals surface area contributed by atoms with Crippen LogP contribution in [0.5, 0.6) is 5.75 Å². The number of pyridine rings is 1. The zero-order chi connectivity index (χ0) is 15.0. The Balaban J connectivity index is 1.83. The summed E-state index contributed by atoms with van der Waals surface area (Å²) in [5.41, 5.74) is 2.65. The van der Waals surface area contributed by atoms with E-state index in [1.807, 2.05) is 6.08 Å². The average molecular weight is 338 g/mol. The van der Waals surface area contributed by atoms with Crippen molar-refractivity contribution in [3.05, 3.63) is 49.3 Å². The first kappa shape index (κ1) is 14.6. The van der Waals surface area contributed by atoms with Crippen LogP contribution in [0.25, 0.3) is 6.08 Å². The molecule has 3 heterocycles. The van der Waals surface area contributed by atoms with Crippen molar-refractivity contribution in [1.29, 1.82) is 0 Å². The van der Waals surface area contributed by atoms with Gasteiger partial charge in [-0.05, 0) is 31.1 Å². The van der Waals surface area contributed by atoms with Gasteiger partial charge in [0.05, 0.1) is 16.1 Å². The molecule has 3 nitrogen and oxygen atoms in total. The lowest BCUT2D eigenvalue weighted by molar-refractivity contribution is -0.129. The fourth-order valence-electron chi connectivity index (χ4n) is 2.03. The first-order valence-corrected chi connectivity index (χ1v) is 8.48. The maximum Gasteiger partial charge on any atom is 0.350 e. The second-order valence-electron chi connectivity index (χ2n) is 4.65. The molecule has 108 valence electrons. The first-order chi connectivity index (χ1) is 10.0. The van der Waals surface area contributed by atoms with Gasteiger partial charge in [0, 0.05) is 27.8 Å². The van der Waals surface area contributed by atoms with Gasteiger partial charge in [0.25, 0.3) is 0 Å². The zero-order valence-corrected chi connectivity index (χ0v) is 13.9. The van der Waals surface area contributed by atoms with Gasteiger partial charge >= 0.3 is 5.97 Å². The van der Waals surface area contributed by atoms with Gasteiger partial charge in [0.2, 0.25) is 0 Å². The highest BCUT2D eigenvalue weighted by molar-refractivity contribution is 8.03. The molecular formula is C15H12ClNO2S2. The number of fused-ring (bicyclic) bond motifs is 1. The average Bonchev–Trinajstić information content (AvgIpc) is 2.73. The van der Waals surface area contributed by atoms with Gasteiger partial charge < -0.3 is 4.74 Å². The normalized spacial score (nSPS) is 13.6. The van der Waals surface area contributed by atoms with Crippen LogP contribution in [-0.2, 0) is 10.5 Å². The second kappa shape index (κ2) is 5.83. The highest BCUT2D eigenvalue weighted by Crippen LogP contribution is 2.39. The van der Waals surface area contributed by atoms with Gasteiger partial charge in [0.1, 0.15) is 0 Å². The Morgan fingerprint density at radius 2 is 2.19 bits per heavy atom. The summed E-state index contributed by atoms with van der Waals surface area (Å²) in [6, 6.07) is 1.57. The maximum absolute atomic E-state index is 12.2. The predicted octanol–water partition coefficient (Wildman–Crippen LogP) is 4.61. The molecule has 1 aliphatic heterocycles. The highest BCUT2D eigenvalue weighted by Gasteiger charge is 2.22. The number of hydrogen-bond donors (Lipinski definition) is 0. The largest absolute Gasteiger partial charge is 0.421 e. The van der Waals surface area contributed by atoms with Crippen LogP contribution >= 0.6 is 34.7 Å². The van der Waals surface area contributed by atoms with Crippen LogP contribution in [0.2, 0.25) is 5.02 Å². The number of thiophene rings is 1. The topological polar surface area (TPSA) is 39.2 Å². The summed E-state index contributed by atoms with van der Waals surface area (Å²) in [5, 5.41) is 0.442. The number of aryl methyl sites for hydroxylation is 1. The van der Waals surface area contributed by atoms with Crippen molar-refractivity contribution in [3.63, 3.8) is 0 Å². The Hall–Kier alpha value is -1.30. The zero-order valence-electron chi connectivity index (χ0n) is 11.5. The van der Waals surface area contributed by atoms with E-state index in [1.54, 1.807) is 17.4 Å². The number of rotatable bonds is 2. The Kier molecular flexibility index (Phi) is 4.06. The predicted molar refractivity (Wildman–Crippen MR) is 87.9 cm³/mol. The lowest BCUT2D eigenvalue weighted by Gasteiger charge is -2.13. The fourth-order valence-corrected chi connectivity index (χ4v) is 4.52. The molecule has 0 bridgehead atoms. The van der Waals surface area contributed by atoms with Gasteiger partial charge in [-0.15, -0.1) is 23.1 Å². The SMILES string of the molecule is Cc1sc2c(c1C)CSC(C(=O)Oc1cncc(Cl)c1)=C2. The van der Waals surface area contributed by atoms with Gasteiger partial charge in [-0.1, -0.05) is 11.6 Å². The molecule has 6 heteroatoms. The Morgan fingerprint density at radius 3 is 2.95 bits per heavy atom. The number of hydrogen-bond acceptors (Lipinski definition) is 5. The van der Waals surface area contributed by atoms with E-state index in [0.717, 1.165) is 10.6 Å². The lowest BCUT2D eigenvalue weighted by atomic mass is 10.1. The molecule has 0 spiro atoms. The molecule has 0 saturated heterocycles. The first-order valence-electron chi connectivity index (χ1n) is 6.30. The van der Waals surface area contributed by atoms with Crippen molar-refractivity contribution in [2.75, 3.05) is 0 Å². The minimum absolute atomic E-state index is 0.360. The minimum Gasteiger partial charge on any atom is -0.421 e. The van der Waals surface area contributed by atoms with Crippen molar-refractivity contribution in [3.8, 4) is 5.75 Å². The van der Waals surface area contributed by atoms with Gasteiger partial charge in [-0.2, -0.15) is 0 Å². The molecular weight excluding hydrogens is 326 g/mol. The van der Waals surface area contributed by atoms with E-state index in [9.17, 15) is 4.79 Å². The highest BCUT2D eigenvalue weighted by atomic mass is 35.5. The van der Waals surface area contributed by atoms with Crippen molar-refractivity contribution < 1.29 is 9.53 Å². The Morgan fingerprint density at radius 1 is 1.38 bits per heavy atom. The molecule has 21 heavy (non-hydrogen) atoms. The molecule has 2 aromatic rings. The van der Waals surface area contributed by atoms with Crippen molar-refractivity contribution >= 4 is 46.7 Å². The van der Waals surface area contributed by atoms with E-state index < -0.39 is 0 Å². The van der Waals surface area contributed by atoms with Crippen molar-refractivity contribution in [2.24, 2.45) is 0 Å². The molecule has 3 rings (SSSR count). The van der Waals surface area contributed by atoms with E-state index in [4.69, 9.17) is 16.3 Å². The molecule has 0 fully saturated rings. The van der Waals surface area contributed by atoms with E-state index >= 15 is 0 Å². The van der Waals surface area contributed by atoms with Crippen LogP contribution in [0.15, 0.2) is 23.4 Å². The number of nitrogens with zero attached hydrogens (tertiary/aromatic N) is 1. The number of ether oxygens (including phenoxy) is 1. The van der Waals surface area contributed by atoms with E-state index in [-0.39, 0.29) is 5.97 Å². The molecule has 0 aliphatic carbocycles. The number of esters is 1.